The molecule has 0 fully saturated rings. The first kappa shape index (κ1) is 20.5. The van der Waals surface area contributed by atoms with Gasteiger partial charge in [-0.1, -0.05) is 29.3 Å². The first-order valence-corrected chi connectivity index (χ1v) is 9.83. The molecule has 1 heterocycles. The van der Waals surface area contributed by atoms with Crippen molar-refractivity contribution in [3.8, 4) is 5.75 Å². The molecule has 0 unspecified atom stereocenters. The molecule has 0 saturated heterocycles. The first-order valence-electron chi connectivity index (χ1n) is 8.67. The number of halogens is 2. The molecule has 28 heavy (non-hydrogen) atoms. The van der Waals surface area contributed by atoms with Crippen LogP contribution in [0.25, 0.3) is 0 Å². The van der Waals surface area contributed by atoms with Gasteiger partial charge in [-0.3, -0.25) is 4.79 Å². The number of hydrogen-bond donors (Lipinski definition) is 3. The molecular formula is C20H19Cl2N3O2S. The number of carbonyl (C=O) groups is 1. The Morgan fingerprint density at radius 2 is 1.82 bits per heavy atom. The number of thiocarbonyl (C=S) groups is 1. The van der Waals surface area contributed by atoms with Crippen LogP contribution in [0.2, 0.25) is 10.0 Å². The number of allylic oxidation sites excluding steroid dienone is 1. The van der Waals surface area contributed by atoms with Crippen LogP contribution >= 0.6 is 35.4 Å². The van der Waals surface area contributed by atoms with E-state index in [0.717, 1.165) is 5.75 Å². The molecule has 2 aromatic carbocycles. The van der Waals surface area contributed by atoms with Gasteiger partial charge in [-0.2, -0.15) is 0 Å². The van der Waals surface area contributed by atoms with E-state index in [2.05, 4.69) is 16.0 Å². The van der Waals surface area contributed by atoms with E-state index < -0.39 is 6.04 Å². The van der Waals surface area contributed by atoms with Crippen molar-refractivity contribution in [1.29, 1.82) is 0 Å². The third-order valence-corrected chi connectivity index (χ3v) is 5.10. The summed E-state index contributed by atoms with van der Waals surface area (Å²) >= 11 is 18.0. The van der Waals surface area contributed by atoms with Gasteiger partial charge in [0.2, 0.25) is 0 Å². The Labute approximate surface area is 179 Å². The first-order chi connectivity index (χ1) is 13.4. The van der Waals surface area contributed by atoms with Crippen LogP contribution in [0.5, 0.6) is 5.75 Å². The Bertz CT molecular complexity index is 925. The van der Waals surface area contributed by atoms with Crippen LogP contribution in [-0.4, -0.2) is 17.6 Å². The van der Waals surface area contributed by atoms with Crippen LogP contribution in [0.4, 0.5) is 5.69 Å². The fourth-order valence-corrected chi connectivity index (χ4v) is 3.88. The minimum Gasteiger partial charge on any atom is -0.494 e. The minimum atomic E-state index is -0.572. The lowest BCUT2D eigenvalue weighted by atomic mass is 9.94. The molecule has 0 aromatic heterocycles. The van der Waals surface area contributed by atoms with E-state index in [-0.39, 0.29) is 5.91 Å². The van der Waals surface area contributed by atoms with Crippen molar-refractivity contribution in [3.63, 3.8) is 0 Å². The Kier molecular flexibility index (Phi) is 6.44. The lowest BCUT2D eigenvalue weighted by molar-refractivity contribution is -0.113. The second-order valence-corrected chi connectivity index (χ2v) is 7.34. The fourth-order valence-electron chi connectivity index (χ4n) is 3.00. The molecule has 1 atom stereocenters. The molecular weight excluding hydrogens is 417 g/mol. The molecule has 5 nitrogen and oxygen atoms in total. The molecule has 1 aliphatic rings. The molecule has 0 spiro atoms. The molecule has 0 aliphatic carbocycles. The third kappa shape index (κ3) is 4.41. The number of amides is 1. The van der Waals surface area contributed by atoms with Gasteiger partial charge in [-0.25, -0.2) is 0 Å². The zero-order chi connectivity index (χ0) is 20.3. The number of nitrogens with one attached hydrogen (secondary N) is 3. The number of ether oxygens (including phenoxy) is 1. The molecule has 2 aromatic rings. The summed E-state index contributed by atoms with van der Waals surface area (Å²) in [6.07, 6.45) is 0. The zero-order valence-electron chi connectivity index (χ0n) is 15.3. The predicted octanol–water partition coefficient (Wildman–Crippen LogP) is 4.82. The summed E-state index contributed by atoms with van der Waals surface area (Å²) in [4.78, 5) is 13.1. The topological polar surface area (TPSA) is 62.4 Å². The summed E-state index contributed by atoms with van der Waals surface area (Å²) in [6, 6.07) is 11.8. The largest absolute Gasteiger partial charge is 0.494 e. The highest BCUT2D eigenvalue weighted by Gasteiger charge is 2.32. The molecule has 3 rings (SSSR count). The Hall–Kier alpha value is -2.28. The standard InChI is InChI=1S/C20H19Cl2N3O2S/c1-3-27-13-9-7-12(8-10-13)24-19(26)16-11(2)23-20(28)25-18(16)17-14(21)5-4-6-15(17)22/h4-10,18H,3H2,1-2H3,(H,24,26)(H2,23,25,28)/t18-/m0/s1. The normalized spacial score (nSPS) is 16.3. The summed E-state index contributed by atoms with van der Waals surface area (Å²) in [5.41, 5.74) is 2.34. The van der Waals surface area contributed by atoms with Crippen LogP contribution < -0.4 is 20.7 Å². The number of benzene rings is 2. The van der Waals surface area contributed by atoms with Crippen molar-refractivity contribution in [2.75, 3.05) is 11.9 Å². The van der Waals surface area contributed by atoms with Crippen molar-refractivity contribution >= 4 is 52.1 Å². The summed E-state index contributed by atoms with van der Waals surface area (Å²) < 4.78 is 5.43. The van der Waals surface area contributed by atoms with Crippen molar-refractivity contribution in [2.24, 2.45) is 0 Å². The van der Waals surface area contributed by atoms with Crippen molar-refractivity contribution < 1.29 is 9.53 Å². The smallest absolute Gasteiger partial charge is 0.255 e. The fraction of sp³-hybridized carbons (Fsp3) is 0.200. The van der Waals surface area contributed by atoms with Gasteiger partial charge in [0.25, 0.3) is 5.91 Å². The summed E-state index contributed by atoms with van der Waals surface area (Å²) in [5.74, 6) is 0.452. The monoisotopic (exact) mass is 435 g/mol. The van der Waals surface area contributed by atoms with Gasteiger partial charge >= 0.3 is 0 Å². The number of rotatable bonds is 5. The second kappa shape index (κ2) is 8.82. The maximum absolute atomic E-state index is 13.1. The Morgan fingerprint density at radius 3 is 2.43 bits per heavy atom. The van der Waals surface area contributed by atoms with Crippen LogP contribution in [-0.2, 0) is 4.79 Å². The van der Waals surface area contributed by atoms with Crippen LogP contribution in [0.15, 0.2) is 53.7 Å². The van der Waals surface area contributed by atoms with Gasteiger partial charge in [0.1, 0.15) is 5.75 Å². The second-order valence-electron chi connectivity index (χ2n) is 6.12. The van der Waals surface area contributed by atoms with E-state index in [1.165, 1.54) is 0 Å². The van der Waals surface area contributed by atoms with Crippen molar-refractivity contribution in [1.82, 2.24) is 10.6 Å². The number of anilines is 1. The van der Waals surface area contributed by atoms with Crippen LogP contribution in [0.1, 0.15) is 25.5 Å². The Morgan fingerprint density at radius 1 is 1.18 bits per heavy atom. The van der Waals surface area contributed by atoms with E-state index >= 15 is 0 Å². The van der Waals surface area contributed by atoms with E-state index in [0.29, 0.717) is 44.3 Å². The SMILES string of the molecule is CCOc1ccc(NC(=O)C2=C(C)NC(=S)N[C@@H]2c2c(Cl)cccc2Cl)cc1. The Balaban J connectivity index is 1.93. The quantitative estimate of drug-likeness (QED) is 0.587. The van der Waals surface area contributed by atoms with Gasteiger partial charge in [0.05, 0.1) is 18.2 Å². The molecule has 0 bridgehead atoms. The molecule has 0 saturated carbocycles. The van der Waals surface area contributed by atoms with E-state index in [4.69, 9.17) is 40.2 Å². The molecule has 3 N–H and O–H groups in total. The minimum absolute atomic E-state index is 0.287. The average Bonchev–Trinajstić information content (AvgIpc) is 2.63. The number of hydrogen-bond acceptors (Lipinski definition) is 3. The number of carbonyl (C=O) groups excluding carboxylic acids is 1. The maximum atomic E-state index is 13.1. The van der Waals surface area contributed by atoms with Crippen LogP contribution in [0.3, 0.4) is 0 Å². The maximum Gasteiger partial charge on any atom is 0.255 e. The van der Waals surface area contributed by atoms with Gasteiger partial charge in [-0.05, 0) is 62.5 Å². The van der Waals surface area contributed by atoms with Gasteiger partial charge in [-0.15, -0.1) is 0 Å². The summed E-state index contributed by atoms with van der Waals surface area (Å²) in [6.45, 7) is 4.28. The highest BCUT2D eigenvalue weighted by molar-refractivity contribution is 7.80. The molecule has 8 heteroatoms. The molecule has 146 valence electrons. The lowest BCUT2D eigenvalue weighted by Gasteiger charge is -2.31. The summed E-state index contributed by atoms with van der Waals surface area (Å²) in [7, 11) is 0. The van der Waals surface area contributed by atoms with E-state index in [1.54, 1.807) is 49.4 Å². The molecule has 0 radical (unpaired) electrons. The highest BCUT2D eigenvalue weighted by Crippen LogP contribution is 2.36. The molecule has 1 amide bonds. The van der Waals surface area contributed by atoms with E-state index in [9.17, 15) is 4.79 Å². The van der Waals surface area contributed by atoms with Crippen molar-refractivity contribution in [2.45, 2.75) is 19.9 Å². The third-order valence-electron chi connectivity index (χ3n) is 4.23. The van der Waals surface area contributed by atoms with Gasteiger partial charge in [0, 0.05) is 27.0 Å². The predicted molar refractivity (Wildman–Crippen MR) is 117 cm³/mol. The van der Waals surface area contributed by atoms with Gasteiger partial charge in [0.15, 0.2) is 5.11 Å². The average molecular weight is 436 g/mol. The highest BCUT2D eigenvalue weighted by atomic mass is 35.5. The lowest BCUT2D eigenvalue weighted by Crippen LogP contribution is -2.46. The summed E-state index contributed by atoms with van der Waals surface area (Å²) in [5, 5.41) is 10.3. The molecule has 1 aliphatic heterocycles. The van der Waals surface area contributed by atoms with Crippen molar-refractivity contribution in [3.05, 3.63) is 69.3 Å². The zero-order valence-corrected chi connectivity index (χ0v) is 17.6. The van der Waals surface area contributed by atoms with Crippen LogP contribution in [0, 0.1) is 0 Å². The van der Waals surface area contributed by atoms with E-state index in [1.807, 2.05) is 6.92 Å². The van der Waals surface area contributed by atoms with Gasteiger partial charge < -0.3 is 20.7 Å².